The van der Waals surface area contributed by atoms with Crippen molar-refractivity contribution in [3.63, 3.8) is 0 Å². The Bertz CT molecular complexity index is 2040. The number of aromatic nitrogens is 4. The largest absolute Gasteiger partial charge is 0.469 e. The Labute approximate surface area is 343 Å². The van der Waals surface area contributed by atoms with Crippen LogP contribution in [0, 0.1) is 17.8 Å². The lowest BCUT2D eigenvalue weighted by molar-refractivity contribution is -0.146. The van der Waals surface area contributed by atoms with E-state index >= 15 is 0 Å². The van der Waals surface area contributed by atoms with Gasteiger partial charge in [-0.05, 0) is 53.4 Å². The number of alkyl halides is 6. The summed E-state index contributed by atoms with van der Waals surface area (Å²) in [5.74, 6) is -5.92. The van der Waals surface area contributed by atoms with Crippen LogP contribution in [0.25, 0.3) is 33.6 Å². The van der Waals surface area contributed by atoms with Gasteiger partial charge in [-0.1, -0.05) is 69.3 Å². The van der Waals surface area contributed by atoms with Crippen molar-refractivity contribution in [3.8, 4) is 33.6 Å². The number of primary amides is 1. The molecule has 2 unspecified atom stereocenters. The van der Waals surface area contributed by atoms with Gasteiger partial charge in [-0.2, -0.15) is 26.3 Å². The zero-order chi connectivity index (χ0) is 44.4. The van der Waals surface area contributed by atoms with Crippen LogP contribution in [0.2, 0.25) is 0 Å². The number of hydrogen-bond donors (Lipinski definition) is 4. The monoisotopic (exact) mass is 848 g/mol. The van der Waals surface area contributed by atoms with Gasteiger partial charge in [0.2, 0.25) is 11.8 Å². The summed E-state index contributed by atoms with van der Waals surface area (Å²) in [7, 11) is 2.40. The third-order valence-electron chi connectivity index (χ3n) is 10.3. The number of ether oxygens (including phenoxy) is 2. The van der Waals surface area contributed by atoms with E-state index in [0.29, 0.717) is 22.5 Å². The van der Waals surface area contributed by atoms with E-state index in [1.165, 1.54) is 26.6 Å². The Morgan fingerprint density at radius 1 is 0.717 bits per heavy atom. The van der Waals surface area contributed by atoms with Gasteiger partial charge in [0.05, 0.1) is 38.0 Å². The van der Waals surface area contributed by atoms with Gasteiger partial charge in [0.1, 0.15) is 17.7 Å². The molecular weight excluding hydrogens is 798 g/mol. The highest BCUT2D eigenvalue weighted by molar-refractivity contribution is 5.85. The van der Waals surface area contributed by atoms with Crippen LogP contribution in [0.1, 0.15) is 89.2 Å². The number of methoxy groups -OCH3 is 2. The number of nitrogens with zero attached hydrogens (tertiary/aromatic N) is 2. The second-order valence-electron chi connectivity index (χ2n) is 15.3. The van der Waals surface area contributed by atoms with E-state index in [1.807, 2.05) is 24.3 Å². The molecule has 0 aliphatic heterocycles. The minimum absolute atomic E-state index is 0.0359. The van der Waals surface area contributed by atoms with Crippen molar-refractivity contribution < 1.29 is 55.0 Å². The number of hydrogen-bond acceptors (Lipinski definition) is 8. The molecule has 0 spiro atoms. The van der Waals surface area contributed by atoms with Gasteiger partial charge in [-0.3, -0.25) is 14.4 Å². The highest BCUT2D eigenvalue weighted by Crippen LogP contribution is 2.38. The van der Waals surface area contributed by atoms with Gasteiger partial charge in [-0.15, -0.1) is 0 Å². The van der Waals surface area contributed by atoms with Crippen molar-refractivity contribution in [1.82, 2.24) is 25.3 Å². The molecule has 60 heavy (non-hydrogen) atoms. The Morgan fingerprint density at radius 3 is 1.67 bits per heavy atom. The second-order valence-corrected chi connectivity index (χ2v) is 15.3. The van der Waals surface area contributed by atoms with Gasteiger partial charge >= 0.3 is 24.3 Å². The first-order valence-electron chi connectivity index (χ1n) is 19.4. The van der Waals surface area contributed by atoms with Crippen molar-refractivity contribution in [1.29, 1.82) is 0 Å². The number of benzene rings is 2. The molecule has 0 fully saturated rings. The number of imidazole rings is 2. The Balaban J connectivity index is 1.50. The predicted molar refractivity (Wildman–Crippen MR) is 210 cm³/mol. The zero-order valence-electron chi connectivity index (χ0n) is 33.9. The SMILES string of the molecule is COC(=O)CC(C)CC(C(N)=O)[C@@H](CCC(F)(F)F)c1ncc(-c2ccc(-c3ccc(-c4cnc([C@H](CCC(F)(F)F)CC(=O)N[C@H](C(=O)OC)C(C)C)[nH]4)cc3)cc2)[nH]1. The van der Waals surface area contributed by atoms with Crippen LogP contribution in [0.3, 0.4) is 0 Å². The van der Waals surface area contributed by atoms with Gasteiger partial charge in [0, 0.05) is 43.4 Å². The number of carbonyl (C=O) groups excluding carboxylic acids is 4. The molecule has 4 rings (SSSR count). The van der Waals surface area contributed by atoms with Gasteiger partial charge in [0.15, 0.2) is 0 Å². The maximum absolute atomic E-state index is 13.4. The Kier molecular flexibility index (Phi) is 16.1. The first-order chi connectivity index (χ1) is 28.2. The molecule has 12 nitrogen and oxygen atoms in total. The number of amides is 2. The van der Waals surface area contributed by atoms with Crippen molar-refractivity contribution in [2.75, 3.05) is 14.2 Å². The number of aromatic amines is 2. The number of halogens is 6. The summed E-state index contributed by atoms with van der Waals surface area (Å²) in [6, 6.07) is 13.6. The van der Waals surface area contributed by atoms with E-state index in [0.717, 1.165) is 11.1 Å². The molecule has 5 atom stereocenters. The van der Waals surface area contributed by atoms with Crippen LogP contribution in [-0.2, 0) is 28.7 Å². The normalized spacial score (nSPS) is 14.5. The van der Waals surface area contributed by atoms with Crippen LogP contribution >= 0.6 is 0 Å². The number of nitrogens with one attached hydrogen (secondary N) is 3. The minimum Gasteiger partial charge on any atom is -0.469 e. The molecule has 5 N–H and O–H groups in total. The van der Waals surface area contributed by atoms with E-state index in [9.17, 15) is 45.5 Å². The first-order valence-corrected chi connectivity index (χ1v) is 19.4. The molecule has 0 saturated carbocycles. The Hall–Kier alpha value is -5.68. The third kappa shape index (κ3) is 13.7. The van der Waals surface area contributed by atoms with Crippen LogP contribution in [0.5, 0.6) is 0 Å². The summed E-state index contributed by atoms with van der Waals surface area (Å²) in [4.78, 5) is 64.3. The molecule has 0 radical (unpaired) electrons. The molecular formula is C42H50F6N6O6. The number of nitrogens with two attached hydrogens (primary N) is 1. The number of esters is 2. The molecule has 0 saturated heterocycles. The number of rotatable bonds is 20. The maximum atomic E-state index is 13.4. The standard InChI is InChI=1S/C42H50F6N6O6/c1-23(2)36(40(58)60-5)54-34(55)20-29(14-16-41(43,44)45)38-50-21-32(52-38)27-10-6-25(7-11-27)26-8-12-28(13-9-26)33-22-51-39(53-33)30(15-17-42(46,47)48)31(37(49)57)18-24(3)19-35(56)59-4/h6-13,21-24,29-31,36H,14-20H2,1-5H3,(H2,49,57)(H,50,52)(H,51,53)(H,54,55)/t24?,29-,30-,31?,36+/m1/s1. The zero-order valence-corrected chi connectivity index (χ0v) is 33.9. The van der Waals surface area contributed by atoms with Crippen molar-refractivity contribution in [2.45, 2.75) is 95.9 Å². The summed E-state index contributed by atoms with van der Waals surface area (Å²) < 4.78 is 89.3. The predicted octanol–water partition coefficient (Wildman–Crippen LogP) is 8.38. The molecule has 2 aromatic heterocycles. The summed E-state index contributed by atoms with van der Waals surface area (Å²) in [5, 5.41) is 2.57. The topological polar surface area (TPSA) is 182 Å². The molecule has 4 aromatic rings. The fraction of sp³-hybridized carbons (Fsp3) is 0.476. The van der Waals surface area contributed by atoms with Crippen LogP contribution in [-0.4, -0.2) is 76.3 Å². The third-order valence-corrected chi connectivity index (χ3v) is 10.3. The Morgan fingerprint density at radius 2 is 1.20 bits per heavy atom. The fourth-order valence-electron chi connectivity index (χ4n) is 7.01. The van der Waals surface area contributed by atoms with Crippen LogP contribution < -0.4 is 11.1 Å². The van der Waals surface area contributed by atoms with E-state index in [2.05, 4.69) is 25.3 Å². The molecule has 0 bridgehead atoms. The molecule has 2 heterocycles. The van der Waals surface area contributed by atoms with Gasteiger partial charge in [0.25, 0.3) is 0 Å². The average Bonchev–Trinajstić information content (AvgIpc) is 3.88. The van der Waals surface area contributed by atoms with Crippen LogP contribution in [0.4, 0.5) is 26.3 Å². The van der Waals surface area contributed by atoms with E-state index in [-0.39, 0.29) is 36.8 Å². The summed E-state index contributed by atoms with van der Waals surface area (Å²) in [6.07, 6.45) is -9.50. The summed E-state index contributed by atoms with van der Waals surface area (Å²) in [5.41, 5.74) is 9.69. The van der Waals surface area contributed by atoms with Gasteiger partial charge in [-0.25, -0.2) is 14.8 Å². The molecule has 2 aromatic carbocycles. The van der Waals surface area contributed by atoms with Crippen molar-refractivity contribution in [3.05, 3.63) is 72.6 Å². The summed E-state index contributed by atoms with van der Waals surface area (Å²) >= 11 is 0. The number of H-pyrrole nitrogens is 2. The smallest absolute Gasteiger partial charge is 0.389 e. The highest BCUT2D eigenvalue weighted by atomic mass is 19.4. The molecule has 18 heteroatoms. The molecule has 326 valence electrons. The lowest BCUT2D eigenvalue weighted by atomic mass is 9.80. The lowest BCUT2D eigenvalue weighted by Gasteiger charge is -2.26. The number of carbonyl (C=O) groups is 4. The maximum Gasteiger partial charge on any atom is 0.389 e. The van der Waals surface area contributed by atoms with E-state index in [4.69, 9.17) is 15.2 Å². The summed E-state index contributed by atoms with van der Waals surface area (Å²) in [6.45, 7) is 5.10. The van der Waals surface area contributed by atoms with Gasteiger partial charge < -0.3 is 30.5 Å². The molecule has 0 aliphatic rings. The van der Waals surface area contributed by atoms with Crippen molar-refractivity contribution in [2.24, 2.45) is 23.5 Å². The van der Waals surface area contributed by atoms with Crippen LogP contribution in [0.15, 0.2) is 60.9 Å². The lowest BCUT2D eigenvalue weighted by Crippen LogP contribution is -2.45. The molecule has 2 amide bonds. The fourth-order valence-corrected chi connectivity index (χ4v) is 7.01. The average molecular weight is 849 g/mol. The van der Waals surface area contributed by atoms with E-state index in [1.54, 1.807) is 45.0 Å². The first kappa shape index (κ1) is 47.0. The minimum atomic E-state index is -4.49. The molecule has 0 aliphatic carbocycles. The van der Waals surface area contributed by atoms with E-state index < -0.39 is 91.5 Å². The second kappa shape index (κ2) is 20.5. The quantitative estimate of drug-likeness (QED) is 0.0505. The highest BCUT2D eigenvalue weighted by Gasteiger charge is 2.37. The van der Waals surface area contributed by atoms with Crippen molar-refractivity contribution >= 4 is 23.8 Å².